The van der Waals surface area contributed by atoms with E-state index in [9.17, 15) is 0 Å². The number of hydrogen-bond donors (Lipinski definition) is 1. The van der Waals surface area contributed by atoms with E-state index in [4.69, 9.17) is 0 Å². The Hall–Kier alpha value is -0.0400. The minimum Gasteiger partial charge on any atom is -0.311 e. The Morgan fingerprint density at radius 3 is 2.09 bits per heavy atom. The van der Waals surface area contributed by atoms with Crippen LogP contribution in [-0.2, 0) is 0 Å². The summed E-state index contributed by atoms with van der Waals surface area (Å²) < 4.78 is 0. The van der Waals surface area contributed by atoms with Gasteiger partial charge >= 0.3 is 0 Å². The van der Waals surface area contributed by atoms with Crippen LogP contribution in [0.15, 0.2) is 0 Å². The molecule has 0 saturated carbocycles. The van der Waals surface area contributed by atoms with E-state index >= 15 is 0 Å². The first-order valence-electron chi connectivity index (χ1n) is 4.94. The van der Waals surface area contributed by atoms with Gasteiger partial charge in [0.05, 0.1) is 0 Å². The Bertz CT molecular complexity index is 82.9. The van der Waals surface area contributed by atoms with Gasteiger partial charge in [-0.25, -0.2) is 0 Å². The molecule has 0 aromatic carbocycles. The number of hydrogen-bond acceptors (Lipinski definition) is 1. The SMILES string of the molecule is CC.CC(C)CC1CC(C)N1. The summed E-state index contributed by atoms with van der Waals surface area (Å²) in [6.07, 6.45) is 2.74. The zero-order chi connectivity index (χ0) is 8.85. The molecule has 1 heteroatoms. The molecule has 1 rings (SSSR count). The molecule has 0 amide bonds. The molecular formula is C10H23N. The Labute approximate surface area is 71.6 Å². The zero-order valence-electron chi connectivity index (χ0n) is 8.65. The largest absolute Gasteiger partial charge is 0.311 e. The molecule has 2 unspecified atom stereocenters. The van der Waals surface area contributed by atoms with Gasteiger partial charge in [-0.2, -0.15) is 0 Å². The Balaban J connectivity index is 0.000000461. The van der Waals surface area contributed by atoms with E-state index in [2.05, 4.69) is 26.1 Å². The van der Waals surface area contributed by atoms with Crippen molar-refractivity contribution in [1.29, 1.82) is 0 Å². The van der Waals surface area contributed by atoms with Crippen molar-refractivity contribution in [2.24, 2.45) is 5.92 Å². The number of rotatable bonds is 2. The van der Waals surface area contributed by atoms with E-state index in [0.717, 1.165) is 18.0 Å². The van der Waals surface area contributed by atoms with Crippen molar-refractivity contribution < 1.29 is 0 Å². The quantitative estimate of drug-likeness (QED) is 0.650. The molecule has 0 aromatic heterocycles. The summed E-state index contributed by atoms with van der Waals surface area (Å²) in [5, 5.41) is 3.47. The van der Waals surface area contributed by atoms with Crippen LogP contribution in [0, 0.1) is 5.92 Å². The van der Waals surface area contributed by atoms with Crippen molar-refractivity contribution in [3.63, 3.8) is 0 Å². The van der Waals surface area contributed by atoms with Gasteiger partial charge in [0, 0.05) is 12.1 Å². The van der Waals surface area contributed by atoms with Gasteiger partial charge in [0.2, 0.25) is 0 Å². The highest BCUT2D eigenvalue weighted by molar-refractivity contribution is 4.85. The summed E-state index contributed by atoms with van der Waals surface area (Å²) in [5.41, 5.74) is 0. The fourth-order valence-corrected chi connectivity index (χ4v) is 1.54. The summed E-state index contributed by atoms with van der Waals surface area (Å²) >= 11 is 0. The van der Waals surface area contributed by atoms with Gasteiger partial charge in [0.25, 0.3) is 0 Å². The second kappa shape index (κ2) is 5.59. The molecule has 1 nitrogen and oxygen atoms in total. The van der Waals surface area contributed by atoms with Gasteiger partial charge in [0.1, 0.15) is 0 Å². The van der Waals surface area contributed by atoms with Crippen LogP contribution in [0.25, 0.3) is 0 Å². The average Bonchev–Trinajstić information content (AvgIpc) is 1.88. The van der Waals surface area contributed by atoms with Gasteiger partial charge < -0.3 is 5.32 Å². The highest BCUT2D eigenvalue weighted by Gasteiger charge is 2.23. The molecule has 1 saturated heterocycles. The van der Waals surface area contributed by atoms with Gasteiger partial charge in [-0.3, -0.25) is 0 Å². The molecule has 0 spiro atoms. The third-order valence-electron chi connectivity index (χ3n) is 1.91. The lowest BCUT2D eigenvalue weighted by Crippen LogP contribution is -2.50. The summed E-state index contributed by atoms with van der Waals surface area (Å²) in [7, 11) is 0. The maximum atomic E-state index is 3.47. The molecule has 11 heavy (non-hydrogen) atoms. The predicted molar refractivity (Wildman–Crippen MR) is 51.8 cm³/mol. The summed E-state index contributed by atoms with van der Waals surface area (Å²) in [6, 6.07) is 1.62. The van der Waals surface area contributed by atoms with Crippen LogP contribution >= 0.6 is 0 Å². The van der Waals surface area contributed by atoms with Crippen LogP contribution in [0.1, 0.15) is 47.5 Å². The van der Waals surface area contributed by atoms with E-state index < -0.39 is 0 Å². The third-order valence-corrected chi connectivity index (χ3v) is 1.91. The lowest BCUT2D eigenvalue weighted by molar-refractivity contribution is 0.246. The third kappa shape index (κ3) is 4.41. The molecule has 0 aromatic rings. The first kappa shape index (κ1) is 11.0. The predicted octanol–water partition coefficient (Wildman–Crippen LogP) is 2.81. The Kier molecular flexibility index (Phi) is 5.57. The molecule has 1 aliphatic heterocycles. The van der Waals surface area contributed by atoms with Gasteiger partial charge in [-0.05, 0) is 25.7 Å². The molecule has 0 aliphatic carbocycles. The smallest absolute Gasteiger partial charge is 0.00866 e. The lowest BCUT2D eigenvalue weighted by atomic mass is 9.91. The minimum absolute atomic E-state index is 0.786. The fourth-order valence-electron chi connectivity index (χ4n) is 1.54. The van der Waals surface area contributed by atoms with Crippen LogP contribution in [-0.4, -0.2) is 12.1 Å². The van der Waals surface area contributed by atoms with Crippen LogP contribution in [0.2, 0.25) is 0 Å². The van der Waals surface area contributed by atoms with Crippen molar-refractivity contribution in [2.45, 2.75) is 59.5 Å². The molecule has 1 fully saturated rings. The van der Waals surface area contributed by atoms with Gasteiger partial charge in [-0.15, -0.1) is 0 Å². The van der Waals surface area contributed by atoms with Crippen LogP contribution < -0.4 is 5.32 Å². The van der Waals surface area contributed by atoms with Gasteiger partial charge in [-0.1, -0.05) is 27.7 Å². The molecule has 2 atom stereocenters. The monoisotopic (exact) mass is 157 g/mol. The molecule has 68 valence electrons. The summed E-state index contributed by atoms with van der Waals surface area (Å²) in [4.78, 5) is 0. The second-order valence-corrected chi connectivity index (χ2v) is 3.63. The molecule has 1 aliphatic rings. The first-order valence-corrected chi connectivity index (χ1v) is 4.94. The van der Waals surface area contributed by atoms with E-state index in [1.54, 1.807) is 0 Å². The van der Waals surface area contributed by atoms with Crippen molar-refractivity contribution in [3.8, 4) is 0 Å². The van der Waals surface area contributed by atoms with Crippen molar-refractivity contribution >= 4 is 0 Å². The molecular weight excluding hydrogens is 134 g/mol. The zero-order valence-corrected chi connectivity index (χ0v) is 8.65. The summed E-state index contributed by atoms with van der Waals surface area (Å²) in [6.45, 7) is 10.8. The van der Waals surface area contributed by atoms with E-state index in [-0.39, 0.29) is 0 Å². The lowest BCUT2D eigenvalue weighted by Gasteiger charge is -2.35. The van der Waals surface area contributed by atoms with E-state index in [1.165, 1.54) is 12.8 Å². The highest BCUT2D eigenvalue weighted by atomic mass is 15.0. The first-order chi connectivity index (χ1) is 5.18. The molecule has 0 radical (unpaired) electrons. The highest BCUT2D eigenvalue weighted by Crippen LogP contribution is 2.17. The molecule has 1 heterocycles. The minimum atomic E-state index is 0.786. The average molecular weight is 157 g/mol. The second-order valence-electron chi connectivity index (χ2n) is 3.63. The van der Waals surface area contributed by atoms with Crippen LogP contribution in [0.4, 0.5) is 0 Å². The Morgan fingerprint density at radius 1 is 1.36 bits per heavy atom. The topological polar surface area (TPSA) is 12.0 Å². The number of nitrogens with one attached hydrogen (secondary N) is 1. The van der Waals surface area contributed by atoms with Gasteiger partial charge in [0.15, 0.2) is 0 Å². The molecule has 0 bridgehead atoms. The van der Waals surface area contributed by atoms with E-state index in [1.807, 2.05) is 13.8 Å². The standard InChI is InChI=1S/C8H17N.C2H6/c1-6(2)4-8-5-7(3)9-8;1-2/h6-9H,4-5H2,1-3H3;1-2H3. The van der Waals surface area contributed by atoms with Crippen molar-refractivity contribution in [1.82, 2.24) is 5.32 Å². The summed E-state index contributed by atoms with van der Waals surface area (Å²) in [5.74, 6) is 0.856. The van der Waals surface area contributed by atoms with Crippen molar-refractivity contribution in [3.05, 3.63) is 0 Å². The van der Waals surface area contributed by atoms with Crippen molar-refractivity contribution in [2.75, 3.05) is 0 Å². The normalized spacial score (nSPS) is 28.9. The maximum absolute atomic E-state index is 3.47. The maximum Gasteiger partial charge on any atom is 0.00866 e. The van der Waals surface area contributed by atoms with Crippen LogP contribution in [0.5, 0.6) is 0 Å². The van der Waals surface area contributed by atoms with Crippen LogP contribution in [0.3, 0.4) is 0 Å². The fraction of sp³-hybridized carbons (Fsp3) is 1.00. The Morgan fingerprint density at radius 2 is 1.82 bits per heavy atom. The molecule has 1 N–H and O–H groups in total. The van der Waals surface area contributed by atoms with E-state index in [0.29, 0.717) is 0 Å².